The van der Waals surface area contributed by atoms with Gasteiger partial charge in [0.1, 0.15) is 0 Å². The van der Waals surface area contributed by atoms with Crippen LogP contribution < -0.4 is 0 Å². The van der Waals surface area contributed by atoms with Crippen molar-refractivity contribution in [3.8, 4) is 0 Å². The maximum Gasteiger partial charge on any atom is 0.303 e. The Morgan fingerprint density at radius 3 is 2.80 bits per heavy atom. The first-order valence-electron chi connectivity index (χ1n) is 4.61. The molecule has 0 radical (unpaired) electrons. The Bertz CT molecular complexity index is 350. The summed E-state index contributed by atoms with van der Waals surface area (Å²) in [5, 5.41) is 8.61. The molecule has 0 unspecified atom stereocenters. The van der Waals surface area contributed by atoms with Crippen molar-refractivity contribution in [2.45, 2.75) is 19.4 Å². The first-order valence-corrected chi connectivity index (χ1v) is 5.41. The number of halogens is 1. The summed E-state index contributed by atoms with van der Waals surface area (Å²) in [6, 6.07) is 5.80. The Morgan fingerprint density at radius 1 is 1.47 bits per heavy atom. The minimum Gasteiger partial charge on any atom is -0.481 e. The zero-order chi connectivity index (χ0) is 11.3. The SMILES string of the molecule is COCc1cc(Br)ccc1CCC(=O)O. The highest BCUT2D eigenvalue weighted by molar-refractivity contribution is 9.10. The van der Waals surface area contributed by atoms with E-state index < -0.39 is 5.97 Å². The largest absolute Gasteiger partial charge is 0.481 e. The van der Waals surface area contributed by atoms with Gasteiger partial charge in [0.15, 0.2) is 0 Å². The quantitative estimate of drug-likeness (QED) is 0.897. The van der Waals surface area contributed by atoms with E-state index in [9.17, 15) is 4.79 Å². The van der Waals surface area contributed by atoms with E-state index >= 15 is 0 Å². The molecular formula is C11H13BrO3. The number of carbonyl (C=O) groups is 1. The molecule has 4 heteroatoms. The fourth-order valence-electron chi connectivity index (χ4n) is 1.37. The third-order valence-electron chi connectivity index (χ3n) is 2.08. The number of aryl methyl sites for hydroxylation is 1. The summed E-state index contributed by atoms with van der Waals surface area (Å²) in [7, 11) is 1.63. The van der Waals surface area contributed by atoms with Crippen molar-refractivity contribution in [1.82, 2.24) is 0 Å². The van der Waals surface area contributed by atoms with E-state index in [0.29, 0.717) is 13.0 Å². The van der Waals surface area contributed by atoms with Crippen LogP contribution in [0, 0.1) is 0 Å². The standard InChI is InChI=1S/C11H13BrO3/c1-15-7-9-6-10(12)4-2-8(9)3-5-11(13)14/h2,4,6H,3,5,7H2,1H3,(H,13,14). The van der Waals surface area contributed by atoms with Crippen molar-refractivity contribution < 1.29 is 14.6 Å². The predicted molar refractivity (Wildman–Crippen MR) is 60.8 cm³/mol. The van der Waals surface area contributed by atoms with Crippen LogP contribution in [0.3, 0.4) is 0 Å². The lowest BCUT2D eigenvalue weighted by molar-refractivity contribution is -0.136. The molecule has 0 heterocycles. The summed E-state index contributed by atoms with van der Waals surface area (Å²) in [5.74, 6) is -0.777. The van der Waals surface area contributed by atoms with E-state index in [1.54, 1.807) is 7.11 Å². The smallest absolute Gasteiger partial charge is 0.303 e. The lowest BCUT2D eigenvalue weighted by Crippen LogP contribution is -2.01. The molecule has 0 aromatic heterocycles. The van der Waals surface area contributed by atoms with Crippen molar-refractivity contribution in [1.29, 1.82) is 0 Å². The lowest BCUT2D eigenvalue weighted by Gasteiger charge is -2.08. The van der Waals surface area contributed by atoms with Gasteiger partial charge in [-0.2, -0.15) is 0 Å². The normalized spacial score (nSPS) is 10.3. The number of hydrogen-bond acceptors (Lipinski definition) is 2. The Labute approximate surface area is 97.2 Å². The molecule has 0 spiro atoms. The van der Waals surface area contributed by atoms with Crippen molar-refractivity contribution in [3.63, 3.8) is 0 Å². The zero-order valence-electron chi connectivity index (χ0n) is 8.50. The molecule has 0 amide bonds. The molecule has 1 aromatic carbocycles. The maximum atomic E-state index is 10.5. The number of carboxylic acids is 1. The number of benzene rings is 1. The number of carboxylic acid groups (broad SMARTS) is 1. The van der Waals surface area contributed by atoms with Gasteiger partial charge in [0.05, 0.1) is 6.61 Å². The van der Waals surface area contributed by atoms with Crippen molar-refractivity contribution >= 4 is 21.9 Å². The number of aliphatic carboxylic acids is 1. The summed E-state index contributed by atoms with van der Waals surface area (Å²) in [5.41, 5.74) is 2.07. The monoisotopic (exact) mass is 272 g/mol. The summed E-state index contributed by atoms with van der Waals surface area (Å²) >= 11 is 3.37. The summed E-state index contributed by atoms with van der Waals surface area (Å²) in [4.78, 5) is 10.5. The molecule has 0 fully saturated rings. The molecule has 3 nitrogen and oxygen atoms in total. The molecule has 0 bridgehead atoms. The maximum absolute atomic E-state index is 10.5. The molecule has 82 valence electrons. The van der Waals surface area contributed by atoms with E-state index in [4.69, 9.17) is 9.84 Å². The molecular weight excluding hydrogens is 260 g/mol. The number of rotatable bonds is 5. The number of ether oxygens (including phenoxy) is 1. The van der Waals surface area contributed by atoms with E-state index in [1.165, 1.54) is 0 Å². The second-order valence-electron chi connectivity index (χ2n) is 3.24. The minimum absolute atomic E-state index is 0.151. The van der Waals surface area contributed by atoms with Gasteiger partial charge in [-0.25, -0.2) is 0 Å². The molecule has 0 aliphatic rings. The van der Waals surface area contributed by atoms with E-state index in [2.05, 4.69) is 15.9 Å². The summed E-state index contributed by atoms with van der Waals surface area (Å²) in [6.45, 7) is 0.508. The Kier molecular flexibility index (Phi) is 4.78. The molecule has 0 saturated carbocycles. The van der Waals surface area contributed by atoms with Crippen LogP contribution >= 0.6 is 15.9 Å². The van der Waals surface area contributed by atoms with Gasteiger partial charge in [-0.15, -0.1) is 0 Å². The van der Waals surface area contributed by atoms with Crippen LogP contribution in [-0.2, 0) is 22.6 Å². The highest BCUT2D eigenvalue weighted by Gasteiger charge is 2.05. The third-order valence-corrected chi connectivity index (χ3v) is 2.57. The number of methoxy groups -OCH3 is 1. The molecule has 0 aliphatic carbocycles. The average Bonchev–Trinajstić information content (AvgIpc) is 2.17. The summed E-state index contributed by atoms with van der Waals surface area (Å²) < 4.78 is 6.04. The summed E-state index contributed by atoms with van der Waals surface area (Å²) in [6.07, 6.45) is 0.694. The highest BCUT2D eigenvalue weighted by Crippen LogP contribution is 2.18. The first-order chi connectivity index (χ1) is 7.13. The molecule has 0 atom stereocenters. The van der Waals surface area contributed by atoms with Crippen LogP contribution in [0.25, 0.3) is 0 Å². The Morgan fingerprint density at radius 2 is 2.20 bits per heavy atom. The zero-order valence-corrected chi connectivity index (χ0v) is 10.1. The fraction of sp³-hybridized carbons (Fsp3) is 0.364. The second kappa shape index (κ2) is 5.88. The topological polar surface area (TPSA) is 46.5 Å². The van der Waals surface area contributed by atoms with Gasteiger partial charge in [0.2, 0.25) is 0 Å². The molecule has 1 aromatic rings. The van der Waals surface area contributed by atoms with Gasteiger partial charge < -0.3 is 9.84 Å². The first kappa shape index (κ1) is 12.2. The van der Waals surface area contributed by atoms with E-state index in [0.717, 1.165) is 15.6 Å². The predicted octanol–water partition coefficient (Wildman–Crippen LogP) is 2.61. The van der Waals surface area contributed by atoms with Crippen molar-refractivity contribution in [2.75, 3.05) is 7.11 Å². The van der Waals surface area contributed by atoms with Gasteiger partial charge in [-0.3, -0.25) is 4.79 Å². The van der Waals surface area contributed by atoms with Crippen LogP contribution in [0.4, 0.5) is 0 Å². The lowest BCUT2D eigenvalue weighted by atomic mass is 10.0. The molecule has 1 rings (SSSR count). The van der Waals surface area contributed by atoms with E-state index in [-0.39, 0.29) is 6.42 Å². The minimum atomic E-state index is -0.777. The van der Waals surface area contributed by atoms with Gasteiger partial charge in [-0.1, -0.05) is 22.0 Å². The van der Waals surface area contributed by atoms with Crippen LogP contribution in [0.5, 0.6) is 0 Å². The molecule has 0 saturated heterocycles. The second-order valence-corrected chi connectivity index (χ2v) is 4.16. The average molecular weight is 273 g/mol. The van der Waals surface area contributed by atoms with Crippen molar-refractivity contribution in [3.05, 3.63) is 33.8 Å². The van der Waals surface area contributed by atoms with Gasteiger partial charge >= 0.3 is 5.97 Å². The molecule has 15 heavy (non-hydrogen) atoms. The molecule has 0 aliphatic heterocycles. The van der Waals surface area contributed by atoms with Crippen molar-refractivity contribution in [2.24, 2.45) is 0 Å². The Balaban J connectivity index is 2.80. The van der Waals surface area contributed by atoms with Crippen LogP contribution in [0.2, 0.25) is 0 Å². The van der Waals surface area contributed by atoms with Gasteiger partial charge in [-0.05, 0) is 29.7 Å². The number of hydrogen-bond donors (Lipinski definition) is 1. The van der Waals surface area contributed by atoms with Crippen LogP contribution in [0.15, 0.2) is 22.7 Å². The fourth-order valence-corrected chi connectivity index (χ4v) is 1.78. The highest BCUT2D eigenvalue weighted by atomic mass is 79.9. The van der Waals surface area contributed by atoms with Crippen LogP contribution in [0.1, 0.15) is 17.5 Å². The van der Waals surface area contributed by atoms with Gasteiger partial charge in [0.25, 0.3) is 0 Å². The van der Waals surface area contributed by atoms with Gasteiger partial charge in [0, 0.05) is 18.0 Å². The van der Waals surface area contributed by atoms with E-state index in [1.807, 2.05) is 18.2 Å². The van der Waals surface area contributed by atoms with Crippen LogP contribution in [-0.4, -0.2) is 18.2 Å². The third kappa shape index (κ3) is 4.01. The Hall–Kier alpha value is -0.870. The molecule has 1 N–H and O–H groups in total.